The minimum Gasteiger partial charge on any atom is -0.414 e. The van der Waals surface area contributed by atoms with Crippen LogP contribution < -0.4 is 11.1 Å². The molecule has 1 aromatic rings. The van der Waals surface area contributed by atoms with Crippen LogP contribution in [-0.4, -0.2) is 37.8 Å². The lowest BCUT2D eigenvalue weighted by Gasteiger charge is -2.41. The van der Waals surface area contributed by atoms with Crippen molar-refractivity contribution in [3.63, 3.8) is 0 Å². The number of nitrogens with two attached hydrogens (primary N) is 1. The van der Waals surface area contributed by atoms with Gasteiger partial charge in [-0.05, 0) is 30.1 Å². The first-order valence-electron chi connectivity index (χ1n) is 10.0. The smallest absolute Gasteiger partial charge is 0.316 e. The van der Waals surface area contributed by atoms with Crippen molar-refractivity contribution in [2.24, 2.45) is 11.7 Å². The van der Waals surface area contributed by atoms with E-state index in [-0.39, 0.29) is 16.9 Å². The molecule has 0 bridgehead atoms. The summed E-state index contributed by atoms with van der Waals surface area (Å²) in [5.74, 6) is -0.229. The number of urea groups is 1. The summed E-state index contributed by atoms with van der Waals surface area (Å²) in [7, 11) is -2.05. The van der Waals surface area contributed by atoms with Gasteiger partial charge in [-0.2, -0.15) is 0 Å². The van der Waals surface area contributed by atoms with Crippen LogP contribution >= 0.6 is 0 Å². The number of hydrogen-bond acceptors (Lipinski definition) is 3. The number of para-hydroxylation sites is 1. The molecule has 3 amide bonds. The third-order valence-corrected chi connectivity index (χ3v) is 10.8. The Morgan fingerprint density at radius 2 is 1.93 bits per heavy atom. The van der Waals surface area contributed by atoms with E-state index in [1.807, 2.05) is 38.1 Å². The zero-order chi connectivity index (χ0) is 21.3. The van der Waals surface area contributed by atoms with Crippen molar-refractivity contribution < 1.29 is 14.0 Å². The van der Waals surface area contributed by atoms with E-state index in [0.29, 0.717) is 12.3 Å². The van der Waals surface area contributed by atoms with Crippen LogP contribution in [0.5, 0.6) is 0 Å². The molecule has 6 nitrogen and oxygen atoms in total. The van der Waals surface area contributed by atoms with Crippen molar-refractivity contribution in [3.05, 3.63) is 29.8 Å². The summed E-state index contributed by atoms with van der Waals surface area (Å²) in [6.45, 7) is 15.2. The van der Waals surface area contributed by atoms with Crippen LogP contribution in [0.3, 0.4) is 0 Å². The van der Waals surface area contributed by atoms with Gasteiger partial charge in [-0.25, -0.2) is 4.79 Å². The molecule has 3 atom stereocenters. The first-order chi connectivity index (χ1) is 12.9. The summed E-state index contributed by atoms with van der Waals surface area (Å²) in [5.41, 5.74) is 7.39. The third-order valence-electron chi connectivity index (χ3n) is 6.33. The Morgan fingerprint density at radius 1 is 1.32 bits per heavy atom. The number of benzene rings is 1. The highest BCUT2D eigenvalue weighted by atomic mass is 28.4. The molecule has 0 spiro atoms. The molecule has 0 aromatic heterocycles. The average Bonchev–Trinajstić information content (AvgIpc) is 2.72. The molecule has 7 heteroatoms. The Morgan fingerprint density at radius 3 is 2.46 bits per heavy atom. The van der Waals surface area contributed by atoms with Crippen molar-refractivity contribution in [1.82, 2.24) is 4.90 Å². The van der Waals surface area contributed by atoms with Gasteiger partial charge in [0.25, 0.3) is 0 Å². The Balaban J connectivity index is 2.52. The second-order valence-corrected chi connectivity index (χ2v) is 14.0. The first kappa shape index (κ1) is 22.4. The zero-order valence-corrected chi connectivity index (χ0v) is 19.2. The Bertz CT molecular complexity index is 730. The molecule has 0 aliphatic carbocycles. The van der Waals surface area contributed by atoms with Crippen LogP contribution in [0.15, 0.2) is 24.3 Å². The number of nitrogens with one attached hydrogen (secondary N) is 1. The molecule has 0 radical (unpaired) electrons. The molecule has 1 heterocycles. The fraction of sp³-hybridized carbons (Fsp3) is 0.619. The van der Waals surface area contributed by atoms with Gasteiger partial charge < -0.3 is 20.4 Å². The van der Waals surface area contributed by atoms with Crippen LogP contribution in [0.25, 0.3) is 0 Å². The molecule has 2 rings (SSSR count). The van der Waals surface area contributed by atoms with E-state index in [1.165, 1.54) is 4.90 Å². The maximum atomic E-state index is 13.0. The van der Waals surface area contributed by atoms with Gasteiger partial charge in [0.1, 0.15) is 6.04 Å². The number of nitrogens with zero attached hydrogens (tertiary/aromatic N) is 1. The molecule has 0 fully saturated rings. The lowest BCUT2D eigenvalue weighted by Crippen LogP contribution is -2.54. The Hall–Kier alpha value is -1.86. The van der Waals surface area contributed by atoms with E-state index >= 15 is 0 Å². The van der Waals surface area contributed by atoms with Gasteiger partial charge in [0, 0.05) is 11.3 Å². The lowest BCUT2D eigenvalue weighted by molar-refractivity contribution is -0.122. The van der Waals surface area contributed by atoms with Gasteiger partial charge >= 0.3 is 6.03 Å². The van der Waals surface area contributed by atoms with Gasteiger partial charge in [-0.15, -0.1) is 0 Å². The standard InChI is InChI=1S/C21H35N3O3Si/c1-8-14(2)18-19(25)23-16-12-10-9-11-15(16)17(24(18)20(22)26)13-27-28(6,7)21(3,4)5/h9-12,14,17-18H,8,13H2,1-7H3,(H2,22,26)(H,23,25)/t14-,17?,18-/m0/s1. The van der Waals surface area contributed by atoms with Gasteiger partial charge in [0.15, 0.2) is 8.32 Å². The number of rotatable bonds is 5. The van der Waals surface area contributed by atoms with E-state index in [9.17, 15) is 9.59 Å². The predicted octanol–water partition coefficient (Wildman–Crippen LogP) is 4.50. The molecule has 1 aromatic carbocycles. The number of carbonyl (C=O) groups excluding carboxylic acids is 2. The van der Waals surface area contributed by atoms with Crippen LogP contribution in [-0.2, 0) is 9.22 Å². The summed E-state index contributed by atoms with van der Waals surface area (Å²) < 4.78 is 6.47. The first-order valence-corrected chi connectivity index (χ1v) is 12.9. The largest absolute Gasteiger partial charge is 0.414 e. The molecule has 0 saturated heterocycles. The highest BCUT2D eigenvalue weighted by Gasteiger charge is 2.43. The summed E-state index contributed by atoms with van der Waals surface area (Å²) in [6, 6.07) is 5.94. The number of carbonyl (C=O) groups is 2. The van der Waals surface area contributed by atoms with E-state index in [4.69, 9.17) is 10.2 Å². The minimum atomic E-state index is -2.05. The van der Waals surface area contributed by atoms with Crippen molar-refractivity contribution >= 4 is 25.9 Å². The maximum Gasteiger partial charge on any atom is 0.316 e. The monoisotopic (exact) mass is 405 g/mol. The van der Waals surface area contributed by atoms with Gasteiger partial charge in [-0.1, -0.05) is 59.2 Å². The number of primary amides is 1. The van der Waals surface area contributed by atoms with Crippen molar-refractivity contribution in [1.29, 1.82) is 0 Å². The summed E-state index contributed by atoms with van der Waals surface area (Å²) in [6.07, 6.45) is 0.758. The van der Waals surface area contributed by atoms with Crippen molar-refractivity contribution in [2.45, 2.75) is 71.3 Å². The normalized spacial score (nSPS) is 21.5. The minimum absolute atomic E-state index is 0.0304. The highest BCUT2D eigenvalue weighted by Crippen LogP contribution is 2.40. The fourth-order valence-corrected chi connectivity index (χ4v) is 4.31. The molecular formula is C21H35N3O3Si. The molecule has 0 saturated carbocycles. The van der Waals surface area contributed by atoms with Gasteiger partial charge in [0.05, 0.1) is 12.6 Å². The number of anilines is 1. The molecular weight excluding hydrogens is 370 g/mol. The SMILES string of the molecule is CC[C@H](C)[C@H]1C(=O)Nc2ccccc2C(CO[Si](C)(C)C(C)(C)C)N1C(N)=O. The summed E-state index contributed by atoms with van der Waals surface area (Å²) in [5, 5.41) is 3.04. The molecule has 1 unspecified atom stereocenters. The number of amides is 3. The quantitative estimate of drug-likeness (QED) is 0.708. The van der Waals surface area contributed by atoms with E-state index in [1.54, 1.807) is 0 Å². The maximum absolute atomic E-state index is 13.0. The second-order valence-electron chi connectivity index (χ2n) is 9.24. The van der Waals surface area contributed by atoms with E-state index in [0.717, 1.165) is 12.0 Å². The summed E-state index contributed by atoms with van der Waals surface area (Å²) in [4.78, 5) is 27.1. The molecule has 1 aliphatic heterocycles. The Labute approximate surface area is 169 Å². The summed E-state index contributed by atoms with van der Waals surface area (Å²) >= 11 is 0. The predicted molar refractivity (Wildman–Crippen MR) is 116 cm³/mol. The van der Waals surface area contributed by atoms with E-state index in [2.05, 4.69) is 39.2 Å². The number of fused-ring (bicyclic) bond motifs is 1. The molecule has 1 aliphatic rings. The second kappa shape index (κ2) is 8.25. The molecule has 156 valence electrons. The van der Waals surface area contributed by atoms with Crippen LogP contribution in [0.4, 0.5) is 10.5 Å². The van der Waals surface area contributed by atoms with Gasteiger partial charge in [0.2, 0.25) is 5.91 Å². The number of hydrogen-bond donors (Lipinski definition) is 2. The van der Waals surface area contributed by atoms with Crippen LogP contribution in [0, 0.1) is 5.92 Å². The molecule has 3 N–H and O–H groups in total. The zero-order valence-electron chi connectivity index (χ0n) is 18.2. The topological polar surface area (TPSA) is 84.7 Å². The van der Waals surface area contributed by atoms with Gasteiger partial charge in [-0.3, -0.25) is 4.79 Å². The average molecular weight is 406 g/mol. The van der Waals surface area contributed by atoms with Crippen LogP contribution in [0.1, 0.15) is 52.6 Å². The Kier molecular flexibility index (Phi) is 6.61. The van der Waals surface area contributed by atoms with Crippen LogP contribution in [0.2, 0.25) is 18.1 Å². The van der Waals surface area contributed by atoms with Crippen molar-refractivity contribution in [2.75, 3.05) is 11.9 Å². The molecule has 28 heavy (non-hydrogen) atoms. The van der Waals surface area contributed by atoms with Crippen molar-refractivity contribution in [3.8, 4) is 0 Å². The lowest BCUT2D eigenvalue weighted by atomic mass is 9.95. The fourth-order valence-electron chi connectivity index (χ4n) is 3.30. The third kappa shape index (κ3) is 4.41. The van der Waals surface area contributed by atoms with E-state index < -0.39 is 26.4 Å². The highest BCUT2D eigenvalue weighted by molar-refractivity contribution is 6.74.